The fraction of sp³-hybridized carbons (Fsp3) is 0.556. The normalized spacial score (nSPS) is 10.8. The number of carbonyl (C=O) groups is 1. The van der Waals surface area contributed by atoms with Gasteiger partial charge in [-0.1, -0.05) is 18.5 Å². The lowest BCUT2D eigenvalue weighted by atomic mass is 10.2. The van der Waals surface area contributed by atoms with Crippen molar-refractivity contribution in [1.29, 1.82) is 0 Å². The van der Waals surface area contributed by atoms with Crippen LogP contribution in [0.25, 0.3) is 0 Å². The van der Waals surface area contributed by atoms with Crippen molar-refractivity contribution >= 4 is 17.4 Å². The van der Waals surface area contributed by atoms with E-state index < -0.39 is 0 Å². The summed E-state index contributed by atoms with van der Waals surface area (Å²) in [7, 11) is 0. The van der Waals surface area contributed by atoms with Crippen LogP contribution in [0.4, 0.5) is 0 Å². The van der Waals surface area contributed by atoms with Crippen LogP contribution in [0, 0.1) is 0 Å². The van der Waals surface area contributed by atoms with Gasteiger partial charge in [0, 0.05) is 12.5 Å². The van der Waals surface area contributed by atoms with Crippen LogP contribution in [-0.4, -0.2) is 15.6 Å². The Morgan fingerprint density at radius 1 is 1.69 bits per heavy atom. The first-order valence-electron chi connectivity index (χ1n) is 4.34. The first kappa shape index (κ1) is 10.3. The van der Waals surface area contributed by atoms with Crippen molar-refractivity contribution in [3.8, 4) is 0 Å². The molecule has 0 spiro atoms. The number of hydrogen-bond acceptors (Lipinski definition) is 2. The molecule has 0 aliphatic heterocycles. The summed E-state index contributed by atoms with van der Waals surface area (Å²) >= 11 is 5.86. The van der Waals surface area contributed by atoms with E-state index in [0.717, 1.165) is 0 Å². The van der Waals surface area contributed by atoms with E-state index in [2.05, 4.69) is 5.10 Å². The lowest BCUT2D eigenvalue weighted by molar-refractivity contribution is 0.0976. The van der Waals surface area contributed by atoms with Crippen LogP contribution in [0.2, 0.25) is 5.02 Å². The van der Waals surface area contributed by atoms with Gasteiger partial charge < -0.3 is 0 Å². The van der Waals surface area contributed by atoms with E-state index in [9.17, 15) is 4.79 Å². The molecule has 13 heavy (non-hydrogen) atoms. The van der Waals surface area contributed by atoms with Gasteiger partial charge in [-0.2, -0.15) is 5.10 Å². The second-order valence-corrected chi connectivity index (χ2v) is 3.56. The van der Waals surface area contributed by atoms with Crippen LogP contribution >= 0.6 is 11.6 Å². The number of nitrogens with zero attached hydrogens (tertiary/aromatic N) is 2. The van der Waals surface area contributed by atoms with E-state index >= 15 is 0 Å². The molecule has 0 unspecified atom stereocenters. The lowest BCUT2D eigenvalue weighted by Crippen LogP contribution is -2.12. The molecule has 0 atom stereocenters. The molecule has 0 aliphatic carbocycles. The van der Waals surface area contributed by atoms with Crippen LogP contribution < -0.4 is 0 Å². The molecule has 0 aromatic carbocycles. The second kappa shape index (κ2) is 3.92. The predicted octanol–water partition coefficient (Wildman–Crippen LogP) is 2.71. The fourth-order valence-electron chi connectivity index (χ4n) is 1.16. The molecular formula is C9H13ClN2O. The summed E-state index contributed by atoms with van der Waals surface area (Å²) in [6.45, 7) is 5.75. The lowest BCUT2D eigenvalue weighted by Gasteiger charge is -2.09. The maximum Gasteiger partial charge on any atom is 0.182 e. The predicted molar refractivity (Wildman–Crippen MR) is 52.2 cm³/mol. The highest BCUT2D eigenvalue weighted by atomic mass is 35.5. The highest BCUT2D eigenvalue weighted by Gasteiger charge is 2.16. The summed E-state index contributed by atoms with van der Waals surface area (Å²) in [6, 6.07) is 0.165. The smallest absolute Gasteiger partial charge is 0.182 e. The molecule has 0 saturated heterocycles. The molecule has 0 amide bonds. The van der Waals surface area contributed by atoms with E-state index in [0.29, 0.717) is 17.1 Å². The average molecular weight is 201 g/mol. The minimum Gasteiger partial charge on any atom is -0.292 e. The van der Waals surface area contributed by atoms with Crippen molar-refractivity contribution in [3.63, 3.8) is 0 Å². The minimum absolute atomic E-state index is 0.0381. The number of Topliss-reactive ketones (excluding diaryl/α,β-unsaturated/α-hetero) is 1. The maximum atomic E-state index is 11.5. The number of aromatic nitrogens is 2. The van der Waals surface area contributed by atoms with Crippen LogP contribution in [-0.2, 0) is 0 Å². The Hall–Kier alpha value is -0.830. The molecule has 0 fully saturated rings. The molecule has 0 aliphatic rings. The van der Waals surface area contributed by atoms with E-state index in [1.54, 1.807) is 4.68 Å². The molecule has 4 heteroatoms. The summed E-state index contributed by atoms with van der Waals surface area (Å²) in [5, 5.41) is 4.49. The van der Waals surface area contributed by atoms with Crippen molar-refractivity contribution in [1.82, 2.24) is 9.78 Å². The van der Waals surface area contributed by atoms with Gasteiger partial charge in [0.15, 0.2) is 5.78 Å². The molecule has 0 N–H and O–H groups in total. The van der Waals surface area contributed by atoms with Crippen molar-refractivity contribution in [2.75, 3.05) is 0 Å². The van der Waals surface area contributed by atoms with Gasteiger partial charge in [-0.3, -0.25) is 9.48 Å². The van der Waals surface area contributed by atoms with Crippen molar-refractivity contribution < 1.29 is 4.79 Å². The highest BCUT2D eigenvalue weighted by Crippen LogP contribution is 2.20. The Bertz CT molecular complexity index is 317. The van der Waals surface area contributed by atoms with Crippen LogP contribution in [0.1, 0.15) is 43.7 Å². The van der Waals surface area contributed by atoms with Crippen LogP contribution in [0.15, 0.2) is 6.20 Å². The summed E-state index contributed by atoms with van der Waals surface area (Å²) in [4.78, 5) is 11.5. The average Bonchev–Trinajstić information content (AvgIpc) is 2.46. The van der Waals surface area contributed by atoms with E-state index in [4.69, 9.17) is 11.6 Å². The maximum absolute atomic E-state index is 11.5. The third-order valence-corrected chi connectivity index (χ3v) is 2.10. The zero-order valence-electron chi connectivity index (χ0n) is 8.04. The number of hydrogen-bond donors (Lipinski definition) is 0. The highest BCUT2D eigenvalue weighted by molar-refractivity contribution is 6.33. The van der Waals surface area contributed by atoms with Gasteiger partial charge in [0.25, 0.3) is 0 Å². The zero-order chi connectivity index (χ0) is 10.0. The number of carbonyl (C=O) groups excluding carboxylic acids is 1. The van der Waals surface area contributed by atoms with Gasteiger partial charge in [0.2, 0.25) is 0 Å². The monoisotopic (exact) mass is 200 g/mol. The first-order valence-corrected chi connectivity index (χ1v) is 4.72. The van der Waals surface area contributed by atoms with E-state index in [1.165, 1.54) is 6.20 Å². The summed E-state index contributed by atoms with van der Waals surface area (Å²) in [5.74, 6) is 0.0381. The molecule has 0 saturated carbocycles. The molecule has 0 radical (unpaired) electrons. The fourth-order valence-corrected chi connectivity index (χ4v) is 1.40. The molecule has 1 heterocycles. The van der Waals surface area contributed by atoms with Gasteiger partial charge in [-0.05, 0) is 13.8 Å². The Labute approximate surface area is 82.7 Å². The van der Waals surface area contributed by atoms with Gasteiger partial charge in [0.05, 0.1) is 11.2 Å². The van der Waals surface area contributed by atoms with Crippen molar-refractivity contribution in [2.45, 2.75) is 33.2 Å². The Morgan fingerprint density at radius 3 is 2.77 bits per heavy atom. The minimum atomic E-state index is 0.0381. The molecule has 0 bridgehead atoms. The van der Waals surface area contributed by atoms with Gasteiger partial charge in [-0.25, -0.2) is 0 Å². The SMILES string of the molecule is CCC(=O)c1c(Cl)cnn1C(C)C. The zero-order valence-corrected chi connectivity index (χ0v) is 8.80. The van der Waals surface area contributed by atoms with Gasteiger partial charge >= 0.3 is 0 Å². The van der Waals surface area contributed by atoms with Crippen molar-refractivity contribution in [3.05, 3.63) is 16.9 Å². The number of halogens is 1. The molecule has 3 nitrogen and oxygen atoms in total. The third kappa shape index (κ3) is 1.91. The summed E-state index contributed by atoms with van der Waals surface area (Å²) < 4.78 is 1.66. The van der Waals surface area contributed by atoms with Crippen molar-refractivity contribution in [2.24, 2.45) is 0 Å². The molecule has 1 rings (SSSR count). The first-order chi connectivity index (χ1) is 6.07. The molecular weight excluding hydrogens is 188 g/mol. The van der Waals surface area contributed by atoms with E-state index in [-0.39, 0.29) is 11.8 Å². The summed E-state index contributed by atoms with van der Waals surface area (Å²) in [6.07, 6.45) is 1.97. The number of ketones is 1. The standard InChI is InChI=1S/C9H13ClN2O/c1-4-8(13)9-7(10)5-11-12(9)6(2)3/h5-6H,4H2,1-3H3. The molecule has 72 valence electrons. The van der Waals surface area contributed by atoms with Crippen LogP contribution in [0.3, 0.4) is 0 Å². The topological polar surface area (TPSA) is 34.9 Å². The second-order valence-electron chi connectivity index (χ2n) is 3.16. The third-order valence-electron chi connectivity index (χ3n) is 1.83. The van der Waals surface area contributed by atoms with E-state index in [1.807, 2.05) is 20.8 Å². The van der Waals surface area contributed by atoms with Gasteiger partial charge in [-0.15, -0.1) is 0 Å². The number of rotatable bonds is 3. The molecule has 1 aromatic heterocycles. The largest absolute Gasteiger partial charge is 0.292 e. The molecule has 1 aromatic rings. The van der Waals surface area contributed by atoms with Gasteiger partial charge in [0.1, 0.15) is 5.69 Å². The Kier molecular flexibility index (Phi) is 3.09. The van der Waals surface area contributed by atoms with Crippen LogP contribution in [0.5, 0.6) is 0 Å². The quantitative estimate of drug-likeness (QED) is 0.704. The Balaban J connectivity index is 3.16. The summed E-state index contributed by atoms with van der Waals surface area (Å²) in [5.41, 5.74) is 0.527. The Morgan fingerprint density at radius 2 is 2.31 bits per heavy atom.